The maximum absolute atomic E-state index is 13.9. The highest BCUT2D eigenvalue weighted by Crippen LogP contribution is 2.25. The number of benzene rings is 3. The number of carbonyl (C=O) groups excluding carboxylic acids is 2. The van der Waals surface area contributed by atoms with Gasteiger partial charge < -0.3 is 19.7 Å². The lowest BCUT2D eigenvalue weighted by Gasteiger charge is -2.32. The minimum atomic E-state index is -0.770. The van der Waals surface area contributed by atoms with E-state index < -0.39 is 30.0 Å². The van der Waals surface area contributed by atoms with Crippen LogP contribution in [0, 0.1) is 17.5 Å². The molecule has 1 aliphatic heterocycles. The van der Waals surface area contributed by atoms with Gasteiger partial charge in [-0.05, 0) is 36.4 Å². The van der Waals surface area contributed by atoms with Gasteiger partial charge >= 0.3 is 0 Å². The van der Waals surface area contributed by atoms with Gasteiger partial charge in [0, 0.05) is 32.0 Å². The molecule has 0 saturated carbocycles. The third-order valence-corrected chi connectivity index (χ3v) is 5.54. The number of nitrogens with one attached hydrogen (secondary N) is 1. The number of rotatable bonds is 7. The molecule has 4 rings (SSSR count). The van der Waals surface area contributed by atoms with Crippen molar-refractivity contribution in [3.05, 3.63) is 89.7 Å². The Kier molecular flexibility index (Phi) is 7.54. The number of anilines is 1. The van der Waals surface area contributed by atoms with E-state index in [4.69, 9.17) is 9.47 Å². The zero-order valence-electron chi connectivity index (χ0n) is 18.7. The SMILES string of the molecule is O=C(COc1ccccc1C(=O)N1CCC(Oc2ccc(F)cc2F)CC1)Nc1ccccc1F. The van der Waals surface area contributed by atoms with E-state index in [1.807, 2.05) is 0 Å². The molecule has 0 spiro atoms. The monoisotopic (exact) mass is 484 g/mol. The number of hydrogen-bond donors (Lipinski definition) is 1. The van der Waals surface area contributed by atoms with E-state index >= 15 is 0 Å². The second-order valence-corrected chi connectivity index (χ2v) is 8.00. The third kappa shape index (κ3) is 6.11. The molecule has 1 N–H and O–H groups in total. The lowest BCUT2D eigenvalue weighted by molar-refractivity contribution is -0.118. The molecule has 2 amide bonds. The summed E-state index contributed by atoms with van der Waals surface area (Å²) in [5.41, 5.74) is 0.325. The minimum absolute atomic E-state index is 0.0245. The zero-order chi connectivity index (χ0) is 24.8. The summed E-state index contributed by atoms with van der Waals surface area (Å²) in [6.07, 6.45) is 0.625. The maximum atomic E-state index is 13.9. The fourth-order valence-corrected chi connectivity index (χ4v) is 3.76. The Bertz CT molecular complexity index is 1210. The molecule has 1 fully saturated rings. The van der Waals surface area contributed by atoms with Crippen molar-refractivity contribution in [2.24, 2.45) is 0 Å². The molecule has 0 aliphatic carbocycles. The number of amides is 2. The molecule has 3 aromatic carbocycles. The topological polar surface area (TPSA) is 67.9 Å². The predicted molar refractivity (Wildman–Crippen MR) is 123 cm³/mol. The molecule has 1 aliphatic rings. The van der Waals surface area contributed by atoms with E-state index in [2.05, 4.69) is 5.32 Å². The summed E-state index contributed by atoms with van der Waals surface area (Å²) in [5, 5.41) is 2.43. The van der Waals surface area contributed by atoms with Crippen LogP contribution in [-0.4, -0.2) is 42.5 Å². The van der Waals surface area contributed by atoms with Gasteiger partial charge in [-0.25, -0.2) is 13.2 Å². The van der Waals surface area contributed by atoms with E-state index in [9.17, 15) is 22.8 Å². The van der Waals surface area contributed by atoms with Crippen LogP contribution in [0.2, 0.25) is 0 Å². The van der Waals surface area contributed by atoms with Crippen LogP contribution >= 0.6 is 0 Å². The molecular weight excluding hydrogens is 461 g/mol. The molecule has 6 nitrogen and oxygen atoms in total. The van der Waals surface area contributed by atoms with Crippen molar-refractivity contribution in [2.45, 2.75) is 18.9 Å². The highest BCUT2D eigenvalue weighted by atomic mass is 19.1. The third-order valence-electron chi connectivity index (χ3n) is 5.54. The van der Waals surface area contributed by atoms with Crippen LogP contribution in [0.3, 0.4) is 0 Å². The average molecular weight is 484 g/mol. The second kappa shape index (κ2) is 10.9. The van der Waals surface area contributed by atoms with E-state index in [0.29, 0.717) is 25.9 Å². The lowest BCUT2D eigenvalue weighted by Crippen LogP contribution is -2.42. The predicted octanol–water partition coefficient (Wildman–Crippen LogP) is 4.81. The van der Waals surface area contributed by atoms with E-state index in [1.165, 1.54) is 24.3 Å². The van der Waals surface area contributed by atoms with Crippen molar-refractivity contribution in [1.82, 2.24) is 4.90 Å². The fraction of sp³-hybridized carbons (Fsp3) is 0.231. The van der Waals surface area contributed by atoms with Crippen LogP contribution < -0.4 is 14.8 Å². The zero-order valence-corrected chi connectivity index (χ0v) is 18.7. The number of ether oxygens (including phenoxy) is 2. The highest BCUT2D eigenvalue weighted by molar-refractivity contribution is 5.97. The summed E-state index contributed by atoms with van der Waals surface area (Å²) in [7, 11) is 0. The van der Waals surface area contributed by atoms with Gasteiger partial charge in [-0.3, -0.25) is 9.59 Å². The Morgan fingerprint density at radius 3 is 2.34 bits per heavy atom. The number of para-hydroxylation sites is 2. The van der Waals surface area contributed by atoms with E-state index in [1.54, 1.807) is 35.2 Å². The van der Waals surface area contributed by atoms with Gasteiger partial charge in [0.05, 0.1) is 11.3 Å². The molecule has 9 heteroatoms. The van der Waals surface area contributed by atoms with Crippen molar-refractivity contribution in [2.75, 3.05) is 25.0 Å². The Hall–Kier alpha value is -4.01. The van der Waals surface area contributed by atoms with Gasteiger partial charge in [0.15, 0.2) is 18.2 Å². The van der Waals surface area contributed by atoms with Crippen LogP contribution in [0.1, 0.15) is 23.2 Å². The smallest absolute Gasteiger partial charge is 0.262 e. The first-order valence-corrected chi connectivity index (χ1v) is 11.1. The van der Waals surface area contributed by atoms with Crippen molar-refractivity contribution in [1.29, 1.82) is 0 Å². The molecule has 1 saturated heterocycles. The van der Waals surface area contributed by atoms with Crippen molar-refractivity contribution >= 4 is 17.5 Å². The maximum Gasteiger partial charge on any atom is 0.262 e. The molecular formula is C26H23F3N2O4. The van der Waals surface area contributed by atoms with Gasteiger partial charge in [0.25, 0.3) is 11.8 Å². The van der Waals surface area contributed by atoms with Crippen molar-refractivity contribution in [3.63, 3.8) is 0 Å². The number of piperidine rings is 1. The van der Waals surface area contributed by atoms with Gasteiger partial charge in [0.1, 0.15) is 23.5 Å². The first kappa shape index (κ1) is 24.1. The highest BCUT2D eigenvalue weighted by Gasteiger charge is 2.27. The van der Waals surface area contributed by atoms with Crippen LogP contribution in [0.5, 0.6) is 11.5 Å². The number of nitrogens with zero attached hydrogens (tertiary/aromatic N) is 1. The standard InChI is InChI=1S/C26H23F3N2O4/c27-17-9-10-24(21(29)15-17)35-18-11-13-31(14-12-18)26(33)19-5-1-4-8-23(19)34-16-25(32)30-22-7-3-2-6-20(22)28/h1-10,15,18H,11-14,16H2,(H,30,32). The average Bonchev–Trinajstić information content (AvgIpc) is 2.86. The summed E-state index contributed by atoms with van der Waals surface area (Å²) < 4.78 is 51.9. The minimum Gasteiger partial charge on any atom is -0.487 e. The van der Waals surface area contributed by atoms with Gasteiger partial charge in [-0.1, -0.05) is 24.3 Å². The van der Waals surface area contributed by atoms with E-state index in [-0.39, 0.29) is 34.8 Å². The number of hydrogen-bond acceptors (Lipinski definition) is 4. The first-order chi connectivity index (χ1) is 16.9. The Morgan fingerprint density at radius 1 is 0.886 bits per heavy atom. The second-order valence-electron chi connectivity index (χ2n) is 8.00. The lowest BCUT2D eigenvalue weighted by atomic mass is 10.1. The summed E-state index contributed by atoms with van der Waals surface area (Å²) in [4.78, 5) is 26.9. The fourth-order valence-electron chi connectivity index (χ4n) is 3.76. The molecule has 0 radical (unpaired) electrons. The largest absolute Gasteiger partial charge is 0.487 e. The number of likely N-dealkylation sites (tertiary alicyclic amines) is 1. The van der Waals surface area contributed by atoms with Gasteiger partial charge in [-0.15, -0.1) is 0 Å². The summed E-state index contributed by atoms with van der Waals surface area (Å²) in [6.45, 7) is 0.334. The quantitative estimate of drug-likeness (QED) is 0.523. The molecule has 0 unspecified atom stereocenters. The number of halogens is 3. The summed E-state index contributed by atoms with van der Waals surface area (Å²) >= 11 is 0. The van der Waals surface area contributed by atoms with E-state index in [0.717, 1.165) is 12.1 Å². The van der Waals surface area contributed by atoms with Crippen LogP contribution in [-0.2, 0) is 4.79 Å². The molecule has 0 bridgehead atoms. The van der Waals surface area contributed by atoms with Crippen LogP contribution in [0.25, 0.3) is 0 Å². The molecule has 0 atom stereocenters. The summed E-state index contributed by atoms with van der Waals surface area (Å²) in [6, 6.07) is 15.5. The molecule has 0 aromatic heterocycles. The molecule has 3 aromatic rings. The normalized spacial score (nSPS) is 13.9. The number of carbonyl (C=O) groups is 2. The molecule has 35 heavy (non-hydrogen) atoms. The Balaban J connectivity index is 1.33. The Morgan fingerprint density at radius 2 is 1.60 bits per heavy atom. The van der Waals surface area contributed by atoms with Crippen molar-refractivity contribution in [3.8, 4) is 11.5 Å². The van der Waals surface area contributed by atoms with Crippen LogP contribution in [0.15, 0.2) is 66.7 Å². The molecule has 182 valence electrons. The molecule has 1 heterocycles. The van der Waals surface area contributed by atoms with Gasteiger partial charge in [0.2, 0.25) is 0 Å². The Labute approximate surface area is 200 Å². The van der Waals surface area contributed by atoms with Crippen molar-refractivity contribution < 1.29 is 32.2 Å². The summed E-state index contributed by atoms with van der Waals surface area (Å²) in [5.74, 6) is -2.65. The van der Waals surface area contributed by atoms with Crippen LogP contribution in [0.4, 0.5) is 18.9 Å². The van der Waals surface area contributed by atoms with Gasteiger partial charge in [-0.2, -0.15) is 0 Å². The first-order valence-electron chi connectivity index (χ1n) is 11.1.